The predicted octanol–water partition coefficient (Wildman–Crippen LogP) is -0.841. The van der Waals surface area contributed by atoms with Crippen molar-refractivity contribution in [2.75, 3.05) is 38.2 Å². The number of nitrogens with zero attached hydrogens (tertiary/aromatic N) is 4. The van der Waals surface area contributed by atoms with Gasteiger partial charge in [-0.1, -0.05) is 23.2 Å². The van der Waals surface area contributed by atoms with E-state index in [1.165, 1.54) is 17.1 Å². The summed E-state index contributed by atoms with van der Waals surface area (Å²) >= 11 is 0. The summed E-state index contributed by atoms with van der Waals surface area (Å²) in [6.07, 6.45) is 0.413. The maximum atomic E-state index is 13.2. The van der Waals surface area contributed by atoms with Gasteiger partial charge in [0, 0.05) is 31.3 Å². The Kier molecular flexibility index (Phi) is 10.9. The second-order valence-corrected chi connectivity index (χ2v) is 11.0. The van der Waals surface area contributed by atoms with Crippen LogP contribution >= 0.6 is 0 Å². The van der Waals surface area contributed by atoms with E-state index in [2.05, 4.69) is 30.2 Å². The average Bonchev–Trinajstić information content (AvgIpc) is 3.68. The van der Waals surface area contributed by atoms with Gasteiger partial charge in [0.05, 0.1) is 12.7 Å². The van der Waals surface area contributed by atoms with Crippen LogP contribution in [0.4, 0.5) is 5.82 Å². The lowest BCUT2D eigenvalue weighted by Crippen LogP contribution is -2.38. The summed E-state index contributed by atoms with van der Waals surface area (Å²) in [6.45, 7) is 0.814. The van der Waals surface area contributed by atoms with Crippen LogP contribution in [0.5, 0.6) is 5.75 Å². The van der Waals surface area contributed by atoms with Gasteiger partial charge in [-0.15, -0.1) is 0 Å². The molecule has 4 aromatic rings. The number of fused-ring (bicyclic) bond motifs is 1. The van der Waals surface area contributed by atoms with Crippen molar-refractivity contribution in [2.24, 2.45) is 0 Å². The lowest BCUT2D eigenvalue weighted by atomic mass is 10.2. The van der Waals surface area contributed by atoms with Gasteiger partial charge in [-0.25, -0.2) is 9.78 Å². The summed E-state index contributed by atoms with van der Waals surface area (Å²) in [6, 6.07) is 8.78. The molecule has 254 valence electrons. The molecular weight excluding hydrogens is 632 g/mol. The SMILES string of the molecule is Cc1cn([C@H]2C[C@H](O)[C@@H](COCCCN(CC(=O)O)C(=O)Cc3nc(NC(=O)COc4ccccc4)c4[nH]c[nH+]c4n3)O2)c(=O)[nH]c1=O. The highest BCUT2D eigenvalue weighted by Gasteiger charge is 2.35. The number of aromatic nitrogens is 6. The number of ether oxygens (including phenoxy) is 3. The number of carbonyl (C=O) groups is 3. The number of aliphatic hydroxyl groups excluding tert-OH is 1. The van der Waals surface area contributed by atoms with Crippen LogP contribution in [0.2, 0.25) is 0 Å². The average molecular weight is 668 g/mol. The summed E-state index contributed by atoms with van der Waals surface area (Å²) in [5.41, 5.74) is -0.123. The first-order valence-corrected chi connectivity index (χ1v) is 15.0. The number of benzene rings is 1. The number of carboxylic acid groups (broad SMARTS) is 1. The summed E-state index contributed by atoms with van der Waals surface area (Å²) in [4.78, 5) is 78.9. The van der Waals surface area contributed by atoms with E-state index in [1.54, 1.807) is 31.2 Å². The minimum absolute atomic E-state index is 0.0203. The molecule has 18 nitrogen and oxygen atoms in total. The van der Waals surface area contributed by atoms with E-state index in [9.17, 15) is 34.2 Å². The van der Waals surface area contributed by atoms with Crippen molar-refractivity contribution in [3.05, 3.63) is 75.1 Å². The first-order chi connectivity index (χ1) is 23.1. The second kappa shape index (κ2) is 15.4. The maximum absolute atomic E-state index is 13.2. The van der Waals surface area contributed by atoms with E-state index in [-0.39, 0.29) is 57.3 Å². The number of nitrogens with one attached hydrogen (secondary N) is 4. The number of H-pyrrole nitrogens is 3. The first-order valence-electron chi connectivity index (χ1n) is 15.0. The van der Waals surface area contributed by atoms with Crippen molar-refractivity contribution in [3.8, 4) is 5.75 Å². The molecular formula is C30H35N8O10+. The Bertz CT molecular complexity index is 1870. The van der Waals surface area contributed by atoms with Crippen molar-refractivity contribution in [2.45, 2.75) is 44.6 Å². The lowest BCUT2D eigenvalue weighted by Gasteiger charge is -2.21. The minimum Gasteiger partial charge on any atom is -0.484 e. The number of aliphatic carboxylic acids is 1. The number of carboxylic acids is 1. The van der Waals surface area contributed by atoms with Gasteiger partial charge >= 0.3 is 17.3 Å². The Hall–Kier alpha value is -5.46. The number of aromatic amines is 3. The fraction of sp³-hybridized carbons (Fsp3) is 0.400. The van der Waals surface area contributed by atoms with Gasteiger partial charge in [0.15, 0.2) is 18.8 Å². The van der Waals surface area contributed by atoms with Crippen molar-refractivity contribution >= 4 is 34.8 Å². The van der Waals surface area contributed by atoms with E-state index in [4.69, 9.17) is 14.2 Å². The van der Waals surface area contributed by atoms with Gasteiger partial charge in [0.1, 0.15) is 31.0 Å². The van der Waals surface area contributed by atoms with Crippen molar-refractivity contribution in [3.63, 3.8) is 0 Å². The van der Waals surface area contributed by atoms with E-state index in [0.29, 0.717) is 22.5 Å². The number of hydrogen-bond acceptors (Lipinski definition) is 11. The molecule has 3 atom stereocenters. The lowest BCUT2D eigenvalue weighted by molar-refractivity contribution is -0.347. The van der Waals surface area contributed by atoms with Gasteiger partial charge < -0.3 is 34.6 Å². The monoisotopic (exact) mass is 667 g/mol. The molecule has 1 aliphatic heterocycles. The van der Waals surface area contributed by atoms with Gasteiger partial charge in [-0.05, 0) is 25.5 Å². The normalized spacial score (nSPS) is 17.3. The Labute approximate surface area is 271 Å². The molecule has 1 fully saturated rings. The Morgan fingerprint density at radius 1 is 1.21 bits per heavy atom. The van der Waals surface area contributed by atoms with E-state index < -0.39 is 54.0 Å². The third-order valence-corrected chi connectivity index (χ3v) is 7.40. The van der Waals surface area contributed by atoms with Gasteiger partial charge in [-0.3, -0.25) is 33.7 Å². The van der Waals surface area contributed by atoms with Crippen molar-refractivity contribution < 1.29 is 43.8 Å². The smallest absolute Gasteiger partial charge is 0.330 e. The molecule has 1 aromatic carbocycles. The van der Waals surface area contributed by atoms with Crippen LogP contribution in [0, 0.1) is 6.92 Å². The van der Waals surface area contributed by atoms with Crippen LogP contribution in [-0.2, 0) is 30.3 Å². The number of aryl methyl sites for hydroxylation is 1. The van der Waals surface area contributed by atoms with Crippen LogP contribution in [0.15, 0.2) is 52.4 Å². The highest BCUT2D eigenvalue weighted by Crippen LogP contribution is 2.28. The molecule has 5 rings (SSSR count). The molecule has 0 bridgehead atoms. The highest BCUT2D eigenvalue weighted by atomic mass is 16.6. The fourth-order valence-corrected chi connectivity index (χ4v) is 5.02. The number of amides is 2. The first kappa shape index (κ1) is 33.9. The number of rotatable bonds is 15. The number of anilines is 1. The number of carbonyl (C=O) groups excluding carboxylic acids is 2. The molecule has 1 saturated heterocycles. The number of hydrogen-bond donors (Lipinski definition) is 5. The zero-order valence-electron chi connectivity index (χ0n) is 25.9. The van der Waals surface area contributed by atoms with Gasteiger partial charge in [0.25, 0.3) is 11.5 Å². The fourth-order valence-electron chi connectivity index (χ4n) is 5.02. The zero-order chi connectivity index (χ0) is 34.2. The predicted molar refractivity (Wildman–Crippen MR) is 165 cm³/mol. The molecule has 4 heterocycles. The van der Waals surface area contributed by atoms with Crippen LogP contribution in [0.1, 0.15) is 30.5 Å². The maximum Gasteiger partial charge on any atom is 0.330 e. The standard InChI is InChI=1S/C30H34N8O10/c1-17-12-38(30(45)36-29(17)44)24-10-19(39)20(48-24)14-46-9-5-8-37(13-25(42)43)23(41)11-21-33-27-26(31-16-32-27)28(34-21)35-22(40)15-47-18-6-3-2-4-7-18/h2-4,6-7,12,16,19-20,24,39H,5,8-11,13-15H2,1H3,(H,42,43)(H,36,44,45)(H2,31,32,33,34,35,40)/p+1/t19-,20+,24+/m0/s1. The summed E-state index contributed by atoms with van der Waals surface area (Å²) < 4.78 is 18.1. The van der Waals surface area contributed by atoms with Crippen LogP contribution in [0.25, 0.3) is 11.2 Å². The molecule has 0 unspecified atom stereocenters. The molecule has 18 heteroatoms. The summed E-state index contributed by atoms with van der Waals surface area (Å²) in [5.74, 6) is -1.60. The van der Waals surface area contributed by atoms with E-state index in [1.807, 2.05) is 6.07 Å². The molecule has 2 amide bonds. The van der Waals surface area contributed by atoms with Crippen LogP contribution < -0.4 is 26.3 Å². The van der Waals surface area contributed by atoms with Crippen molar-refractivity contribution in [1.29, 1.82) is 0 Å². The minimum atomic E-state index is -1.22. The van der Waals surface area contributed by atoms with E-state index in [0.717, 1.165) is 4.90 Å². The van der Waals surface area contributed by atoms with Crippen LogP contribution in [-0.4, -0.2) is 103 Å². The zero-order valence-corrected chi connectivity index (χ0v) is 25.9. The van der Waals surface area contributed by atoms with Gasteiger partial charge in [0.2, 0.25) is 17.2 Å². The Morgan fingerprint density at radius 2 is 2.00 bits per heavy atom. The molecule has 0 spiro atoms. The Balaban J connectivity index is 1.13. The van der Waals surface area contributed by atoms with Gasteiger partial charge in [-0.2, -0.15) is 4.98 Å². The molecule has 0 saturated carbocycles. The highest BCUT2D eigenvalue weighted by molar-refractivity contribution is 5.97. The summed E-state index contributed by atoms with van der Waals surface area (Å²) in [7, 11) is 0. The Morgan fingerprint density at radius 3 is 2.77 bits per heavy atom. The largest absolute Gasteiger partial charge is 0.484 e. The number of para-hydroxylation sites is 1. The molecule has 0 aliphatic carbocycles. The van der Waals surface area contributed by atoms with Crippen molar-refractivity contribution in [1.82, 2.24) is 29.4 Å². The molecule has 48 heavy (non-hydrogen) atoms. The number of aliphatic hydroxyl groups is 1. The quantitative estimate of drug-likeness (QED) is 0.0975. The molecule has 1 aliphatic rings. The summed E-state index contributed by atoms with van der Waals surface area (Å²) in [5, 5.41) is 22.5. The van der Waals surface area contributed by atoms with E-state index >= 15 is 0 Å². The topological polar surface area (TPSA) is 245 Å². The third-order valence-electron chi connectivity index (χ3n) is 7.40. The molecule has 6 N–H and O–H groups in total. The molecule has 3 aromatic heterocycles. The number of imidazole rings is 1. The second-order valence-electron chi connectivity index (χ2n) is 11.0. The molecule has 0 radical (unpaired) electrons. The van der Waals surface area contributed by atoms with Crippen LogP contribution in [0.3, 0.4) is 0 Å². The third kappa shape index (κ3) is 8.66.